The molecular formula is C22H25F3N4O6. The lowest BCUT2D eigenvalue weighted by Gasteiger charge is -2.30. The molecule has 13 heteroatoms. The molecule has 2 heterocycles. The highest BCUT2D eigenvalue weighted by atomic mass is 19.4. The second-order valence-electron chi connectivity index (χ2n) is 7.93. The van der Waals surface area contributed by atoms with E-state index in [2.05, 4.69) is 0 Å². The van der Waals surface area contributed by atoms with Crippen molar-refractivity contribution >= 4 is 17.6 Å². The number of halogens is 3. The molecule has 1 atom stereocenters. The number of nitrogens with one attached hydrogen (secondary N) is 3. The molecule has 1 aliphatic heterocycles. The van der Waals surface area contributed by atoms with Crippen LogP contribution in [0.4, 0.5) is 19.0 Å². The highest BCUT2D eigenvalue weighted by Crippen LogP contribution is 2.45. The number of hydrogen-bond acceptors (Lipinski definition) is 6. The lowest BCUT2D eigenvalue weighted by molar-refractivity contribution is -0.200. The van der Waals surface area contributed by atoms with Gasteiger partial charge in [-0.15, -0.1) is 0 Å². The first-order valence-electron chi connectivity index (χ1n) is 10.8. The number of carbonyl (C=O) groups is 2. The van der Waals surface area contributed by atoms with Gasteiger partial charge in [0.15, 0.2) is 11.5 Å². The molecule has 0 fully saturated rings. The standard InChI is InChI=1S/C22H25F3N4O6/c1-4-5-6-15(30)28-21(22(23,24)25)16-17(26-19(21)32)29(20(33)27-18(16)31)10-9-12-7-8-13(34-2)14(11-12)35-3/h7-8,11H,4-6,9-10H2,1-3H3,(H,26,32)(H,28,30)(H,27,31,33). The Labute approximate surface area is 197 Å². The summed E-state index contributed by atoms with van der Waals surface area (Å²) < 4.78 is 54.1. The van der Waals surface area contributed by atoms with Crippen LogP contribution in [-0.4, -0.2) is 41.8 Å². The van der Waals surface area contributed by atoms with Crippen LogP contribution in [0, 0.1) is 0 Å². The summed E-state index contributed by atoms with van der Waals surface area (Å²) in [6, 6.07) is 4.92. The van der Waals surface area contributed by atoms with Crippen molar-refractivity contribution in [3.63, 3.8) is 0 Å². The predicted molar refractivity (Wildman–Crippen MR) is 119 cm³/mol. The Morgan fingerprint density at radius 2 is 1.83 bits per heavy atom. The number of rotatable bonds is 9. The normalized spacial score (nSPS) is 17.0. The number of aromatic amines is 1. The van der Waals surface area contributed by atoms with Crippen molar-refractivity contribution in [3.8, 4) is 11.5 Å². The number of aromatic nitrogens is 2. The van der Waals surface area contributed by atoms with E-state index in [0.717, 1.165) is 4.57 Å². The van der Waals surface area contributed by atoms with Crippen molar-refractivity contribution in [2.45, 2.75) is 50.9 Å². The monoisotopic (exact) mass is 498 g/mol. The van der Waals surface area contributed by atoms with Crippen LogP contribution in [0.2, 0.25) is 0 Å². The van der Waals surface area contributed by atoms with Crippen molar-refractivity contribution in [1.29, 1.82) is 0 Å². The molecule has 1 aliphatic rings. The number of aryl methyl sites for hydroxylation is 1. The van der Waals surface area contributed by atoms with Gasteiger partial charge in [-0.2, -0.15) is 13.2 Å². The maximum Gasteiger partial charge on any atom is 0.425 e. The van der Waals surface area contributed by atoms with E-state index in [1.807, 2.05) is 10.3 Å². The molecule has 2 amide bonds. The van der Waals surface area contributed by atoms with E-state index in [1.165, 1.54) is 14.2 Å². The second kappa shape index (κ2) is 9.84. The number of anilines is 1. The topological polar surface area (TPSA) is 132 Å². The van der Waals surface area contributed by atoms with Crippen molar-refractivity contribution < 1.29 is 32.2 Å². The Morgan fingerprint density at radius 1 is 1.14 bits per heavy atom. The summed E-state index contributed by atoms with van der Waals surface area (Å²) in [4.78, 5) is 51.9. The van der Waals surface area contributed by atoms with Gasteiger partial charge in [0.05, 0.1) is 14.2 Å². The summed E-state index contributed by atoms with van der Waals surface area (Å²) in [7, 11) is 2.89. The second-order valence-corrected chi connectivity index (χ2v) is 7.93. The number of unbranched alkanes of at least 4 members (excludes halogenated alkanes) is 1. The molecule has 0 bridgehead atoms. The number of methoxy groups -OCH3 is 2. The minimum atomic E-state index is -5.36. The average molecular weight is 498 g/mol. The molecule has 3 rings (SSSR count). The Bertz CT molecular complexity index is 1250. The number of carbonyl (C=O) groups excluding carboxylic acids is 2. The minimum absolute atomic E-state index is 0.135. The molecule has 1 aromatic heterocycles. The van der Waals surface area contributed by atoms with Gasteiger partial charge in [-0.1, -0.05) is 19.4 Å². The molecule has 2 aromatic rings. The summed E-state index contributed by atoms with van der Waals surface area (Å²) in [5.74, 6) is -2.46. The number of amides is 2. The molecule has 0 saturated heterocycles. The first kappa shape index (κ1) is 25.8. The van der Waals surface area contributed by atoms with Crippen molar-refractivity contribution in [3.05, 3.63) is 50.2 Å². The molecule has 0 saturated carbocycles. The third-order valence-electron chi connectivity index (χ3n) is 5.73. The van der Waals surface area contributed by atoms with Crippen LogP contribution in [0.5, 0.6) is 11.5 Å². The zero-order valence-electron chi connectivity index (χ0n) is 19.3. The van der Waals surface area contributed by atoms with Crippen LogP contribution in [-0.2, 0) is 28.1 Å². The first-order chi connectivity index (χ1) is 16.5. The summed E-state index contributed by atoms with van der Waals surface area (Å²) in [6.07, 6.45) is -4.67. The number of nitrogens with zero attached hydrogens (tertiary/aromatic N) is 1. The van der Waals surface area contributed by atoms with Crippen LogP contribution in [0.1, 0.15) is 37.3 Å². The fourth-order valence-corrected chi connectivity index (χ4v) is 3.92. The molecule has 1 unspecified atom stereocenters. The quantitative estimate of drug-likeness (QED) is 0.483. The third kappa shape index (κ3) is 4.62. The van der Waals surface area contributed by atoms with Gasteiger partial charge in [-0.05, 0) is 30.5 Å². The lowest BCUT2D eigenvalue weighted by Crippen LogP contribution is -2.62. The first-order valence-corrected chi connectivity index (χ1v) is 10.8. The van der Waals surface area contributed by atoms with Gasteiger partial charge in [-0.25, -0.2) is 4.79 Å². The van der Waals surface area contributed by atoms with Crippen LogP contribution in [0.25, 0.3) is 0 Å². The van der Waals surface area contributed by atoms with Crippen LogP contribution < -0.4 is 31.4 Å². The molecule has 10 nitrogen and oxygen atoms in total. The highest BCUT2D eigenvalue weighted by Gasteiger charge is 2.68. The fraction of sp³-hybridized carbons (Fsp3) is 0.455. The number of H-pyrrole nitrogens is 1. The number of alkyl halides is 3. The van der Waals surface area contributed by atoms with E-state index in [4.69, 9.17) is 9.47 Å². The highest BCUT2D eigenvalue weighted by molar-refractivity contribution is 6.07. The maximum absolute atomic E-state index is 14.3. The number of benzene rings is 1. The zero-order chi connectivity index (χ0) is 26.0. The van der Waals surface area contributed by atoms with Gasteiger partial charge in [0, 0.05) is 13.0 Å². The molecule has 3 N–H and O–H groups in total. The zero-order valence-corrected chi connectivity index (χ0v) is 19.3. The van der Waals surface area contributed by atoms with Crippen LogP contribution in [0.3, 0.4) is 0 Å². The fourth-order valence-electron chi connectivity index (χ4n) is 3.92. The summed E-state index contributed by atoms with van der Waals surface area (Å²) >= 11 is 0. The number of fused-ring (bicyclic) bond motifs is 1. The third-order valence-corrected chi connectivity index (χ3v) is 5.73. The Balaban J connectivity index is 2.06. The summed E-state index contributed by atoms with van der Waals surface area (Å²) in [6.45, 7) is 1.55. The largest absolute Gasteiger partial charge is 0.493 e. The predicted octanol–water partition coefficient (Wildman–Crippen LogP) is 1.81. The summed E-state index contributed by atoms with van der Waals surface area (Å²) in [5, 5.41) is 3.73. The van der Waals surface area contributed by atoms with Gasteiger partial charge in [0.2, 0.25) is 11.4 Å². The summed E-state index contributed by atoms with van der Waals surface area (Å²) in [5.41, 5.74) is -6.48. The van der Waals surface area contributed by atoms with Gasteiger partial charge in [-0.3, -0.25) is 23.9 Å². The van der Waals surface area contributed by atoms with Crippen molar-refractivity contribution in [2.75, 3.05) is 19.5 Å². The minimum Gasteiger partial charge on any atom is -0.493 e. The average Bonchev–Trinajstić information content (AvgIpc) is 3.10. The van der Waals surface area contributed by atoms with Crippen LogP contribution >= 0.6 is 0 Å². The molecule has 0 aliphatic carbocycles. The van der Waals surface area contributed by atoms with E-state index in [0.29, 0.717) is 23.5 Å². The van der Waals surface area contributed by atoms with E-state index in [1.54, 1.807) is 30.4 Å². The maximum atomic E-state index is 14.3. The number of ether oxygens (including phenoxy) is 2. The molecule has 1 aromatic carbocycles. The van der Waals surface area contributed by atoms with Gasteiger partial charge >= 0.3 is 11.9 Å². The molecule has 35 heavy (non-hydrogen) atoms. The smallest absolute Gasteiger partial charge is 0.425 e. The van der Waals surface area contributed by atoms with E-state index < -0.39 is 46.2 Å². The van der Waals surface area contributed by atoms with Crippen molar-refractivity contribution in [1.82, 2.24) is 14.9 Å². The van der Waals surface area contributed by atoms with Gasteiger partial charge in [0.25, 0.3) is 11.5 Å². The Morgan fingerprint density at radius 3 is 2.43 bits per heavy atom. The molecule has 190 valence electrons. The SMILES string of the molecule is CCCCC(=O)NC1(C(F)(F)F)C(=O)Nc2c1c(=O)[nH]c(=O)n2CCc1ccc(OC)c(OC)c1. The molecule has 0 radical (unpaired) electrons. The molecular weight excluding hydrogens is 473 g/mol. The molecule has 0 spiro atoms. The van der Waals surface area contributed by atoms with E-state index in [9.17, 15) is 32.3 Å². The lowest BCUT2D eigenvalue weighted by atomic mass is 9.91. The van der Waals surface area contributed by atoms with Gasteiger partial charge in [0.1, 0.15) is 11.4 Å². The van der Waals surface area contributed by atoms with E-state index in [-0.39, 0.29) is 25.8 Å². The van der Waals surface area contributed by atoms with Crippen LogP contribution in [0.15, 0.2) is 27.8 Å². The van der Waals surface area contributed by atoms with Crippen molar-refractivity contribution in [2.24, 2.45) is 0 Å². The number of hydrogen-bond donors (Lipinski definition) is 3. The van der Waals surface area contributed by atoms with E-state index >= 15 is 0 Å². The Kier molecular flexibility index (Phi) is 7.27. The van der Waals surface area contributed by atoms with Gasteiger partial charge < -0.3 is 20.1 Å². The Hall–Kier alpha value is -3.77.